The predicted octanol–water partition coefficient (Wildman–Crippen LogP) is 3.03. The lowest BCUT2D eigenvalue weighted by molar-refractivity contribution is -0.133. The van der Waals surface area contributed by atoms with E-state index in [1.807, 2.05) is 36.4 Å². The fourth-order valence-electron chi connectivity index (χ4n) is 3.84. The van der Waals surface area contributed by atoms with Gasteiger partial charge in [0.15, 0.2) is 0 Å². The molecule has 162 valence electrons. The minimum atomic E-state index is -1.29. The number of hydrogen-bond donors (Lipinski definition) is 2. The number of benzene rings is 3. The number of nitrogens with one attached hydrogen (secondary N) is 2. The molecule has 0 aliphatic carbocycles. The molecule has 1 atom stereocenters. The summed E-state index contributed by atoms with van der Waals surface area (Å²) < 4.78 is 4.64. The molecule has 1 aliphatic heterocycles. The molecule has 1 fully saturated rings. The van der Waals surface area contributed by atoms with Crippen LogP contribution in [0, 0.1) is 0 Å². The van der Waals surface area contributed by atoms with E-state index in [1.165, 1.54) is 31.4 Å². The number of methoxy groups -OCH3 is 1. The second-order valence-corrected chi connectivity index (χ2v) is 7.59. The van der Waals surface area contributed by atoms with Gasteiger partial charge in [-0.15, -0.1) is 0 Å². The summed E-state index contributed by atoms with van der Waals surface area (Å²) in [5.41, 5.74) is 0.132. The number of hydrogen-bond acceptors (Lipinski definition) is 5. The lowest BCUT2D eigenvalue weighted by Gasteiger charge is -2.24. The van der Waals surface area contributed by atoms with Crippen molar-refractivity contribution in [1.82, 2.24) is 10.2 Å². The molecule has 0 saturated carbocycles. The third kappa shape index (κ3) is 3.66. The van der Waals surface area contributed by atoms with Gasteiger partial charge in [0.25, 0.3) is 5.91 Å². The van der Waals surface area contributed by atoms with Gasteiger partial charge in [0.1, 0.15) is 12.1 Å². The summed E-state index contributed by atoms with van der Waals surface area (Å²) in [5, 5.41) is 7.16. The number of urea groups is 1. The van der Waals surface area contributed by atoms with E-state index in [9.17, 15) is 19.2 Å². The number of amides is 4. The van der Waals surface area contributed by atoms with Gasteiger partial charge in [0.2, 0.25) is 5.91 Å². The van der Waals surface area contributed by atoms with Gasteiger partial charge in [-0.2, -0.15) is 0 Å². The van der Waals surface area contributed by atoms with E-state index in [4.69, 9.17) is 0 Å². The smallest absolute Gasteiger partial charge is 0.337 e. The van der Waals surface area contributed by atoms with Gasteiger partial charge in [-0.05, 0) is 47.5 Å². The zero-order valence-electron chi connectivity index (χ0n) is 17.5. The third-order valence-corrected chi connectivity index (χ3v) is 5.49. The second kappa shape index (κ2) is 8.14. The Morgan fingerprint density at radius 2 is 1.69 bits per heavy atom. The quantitative estimate of drug-likeness (QED) is 0.477. The maximum absolute atomic E-state index is 13.2. The number of carbonyl (C=O) groups is 4. The summed E-state index contributed by atoms with van der Waals surface area (Å²) in [5.74, 6) is -1.54. The van der Waals surface area contributed by atoms with Crippen molar-refractivity contribution < 1.29 is 23.9 Å². The van der Waals surface area contributed by atoms with Crippen molar-refractivity contribution in [2.45, 2.75) is 12.5 Å². The van der Waals surface area contributed by atoms with E-state index >= 15 is 0 Å². The highest BCUT2D eigenvalue weighted by molar-refractivity contribution is 6.11. The molecule has 0 bridgehead atoms. The van der Waals surface area contributed by atoms with E-state index < -0.39 is 35.9 Å². The molecule has 1 heterocycles. The van der Waals surface area contributed by atoms with E-state index in [-0.39, 0.29) is 0 Å². The van der Waals surface area contributed by atoms with Crippen LogP contribution < -0.4 is 10.6 Å². The van der Waals surface area contributed by atoms with Crippen LogP contribution in [-0.4, -0.2) is 42.4 Å². The molecule has 4 rings (SSSR count). The summed E-state index contributed by atoms with van der Waals surface area (Å²) in [6.07, 6.45) is 0. The minimum Gasteiger partial charge on any atom is -0.465 e. The molecule has 2 N–H and O–H groups in total. The van der Waals surface area contributed by atoms with Crippen LogP contribution in [0.2, 0.25) is 0 Å². The minimum absolute atomic E-state index is 0.338. The fourth-order valence-corrected chi connectivity index (χ4v) is 3.84. The van der Waals surface area contributed by atoms with Gasteiger partial charge in [-0.25, -0.2) is 9.59 Å². The molecule has 1 aliphatic rings. The summed E-state index contributed by atoms with van der Waals surface area (Å²) in [6, 6.07) is 18.6. The Kier molecular flexibility index (Phi) is 5.36. The lowest BCUT2D eigenvalue weighted by atomic mass is 9.88. The van der Waals surface area contributed by atoms with Crippen LogP contribution in [0.25, 0.3) is 10.8 Å². The molecule has 32 heavy (non-hydrogen) atoms. The Morgan fingerprint density at radius 3 is 2.41 bits per heavy atom. The molecule has 8 heteroatoms. The second-order valence-electron chi connectivity index (χ2n) is 7.59. The summed E-state index contributed by atoms with van der Waals surface area (Å²) in [4.78, 5) is 50.8. The number of fused-ring (bicyclic) bond motifs is 1. The number of ether oxygens (including phenoxy) is 1. The third-order valence-electron chi connectivity index (χ3n) is 5.49. The Morgan fingerprint density at radius 1 is 1.00 bits per heavy atom. The van der Waals surface area contributed by atoms with Crippen LogP contribution >= 0.6 is 0 Å². The SMILES string of the molecule is COC(=O)c1ccc(NC(=O)CN2C(=O)NC(C)(c3cccc4ccccc34)C2=O)cc1. The Bertz CT molecular complexity index is 1230. The molecular weight excluding hydrogens is 410 g/mol. The van der Waals surface area contributed by atoms with E-state index in [0.717, 1.165) is 15.7 Å². The number of imide groups is 1. The first-order valence-corrected chi connectivity index (χ1v) is 9.94. The van der Waals surface area contributed by atoms with Crippen LogP contribution in [0.15, 0.2) is 66.7 Å². The normalized spacial score (nSPS) is 17.9. The molecular formula is C24H21N3O5. The number of esters is 1. The number of carbonyl (C=O) groups excluding carboxylic acids is 4. The molecule has 3 aromatic rings. The van der Waals surface area contributed by atoms with Crippen molar-refractivity contribution in [3.05, 3.63) is 77.9 Å². The fraction of sp³-hybridized carbons (Fsp3) is 0.167. The summed E-state index contributed by atoms with van der Waals surface area (Å²) in [6.45, 7) is 1.20. The van der Waals surface area contributed by atoms with Crippen LogP contribution in [0.5, 0.6) is 0 Å². The monoisotopic (exact) mass is 431 g/mol. The maximum atomic E-state index is 13.2. The van der Waals surface area contributed by atoms with E-state index in [2.05, 4.69) is 15.4 Å². The van der Waals surface area contributed by atoms with Gasteiger partial charge in [-0.1, -0.05) is 42.5 Å². The Hall–Kier alpha value is -4.20. The van der Waals surface area contributed by atoms with Crippen molar-refractivity contribution in [2.24, 2.45) is 0 Å². The Labute approximate surface area is 184 Å². The van der Waals surface area contributed by atoms with Crippen molar-refractivity contribution in [3.8, 4) is 0 Å². The van der Waals surface area contributed by atoms with Gasteiger partial charge >= 0.3 is 12.0 Å². The zero-order valence-corrected chi connectivity index (χ0v) is 17.5. The highest BCUT2D eigenvalue weighted by Gasteiger charge is 2.50. The molecule has 1 unspecified atom stereocenters. The number of nitrogens with zero attached hydrogens (tertiary/aromatic N) is 1. The highest BCUT2D eigenvalue weighted by atomic mass is 16.5. The average Bonchev–Trinajstić information content (AvgIpc) is 3.02. The number of anilines is 1. The molecule has 3 aromatic carbocycles. The molecule has 4 amide bonds. The first-order valence-electron chi connectivity index (χ1n) is 9.94. The van der Waals surface area contributed by atoms with Crippen molar-refractivity contribution >= 4 is 40.3 Å². The highest BCUT2D eigenvalue weighted by Crippen LogP contribution is 2.33. The lowest BCUT2D eigenvalue weighted by Crippen LogP contribution is -2.42. The predicted molar refractivity (Wildman–Crippen MR) is 118 cm³/mol. The molecule has 0 spiro atoms. The molecule has 0 radical (unpaired) electrons. The molecule has 8 nitrogen and oxygen atoms in total. The first-order chi connectivity index (χ1) is 15.3. The zero-order chi connectivity index (χ0) is 22.9. The summed E-state index contributed by atoms with van der Waals surface area (Å²) in [7, 11) is 1.28. The van der Waals surface area contributed by atoms with Crippen LogP contribution in [0.3, 0.4) is 0 Å². The largest absolute Gasteiger partial charge is 0.465 e. The topological polar surface area (TPSA) is 105 Å². The Balaban J connectivity index is 1.51. The van der Waals surface area contributed by atoms with Gasteiger partial charge in [0, 0.05) is 5.69 Å². The van der Waals surface area contributed by atoms with Crippen LogP contribution in [-0.2, 0) is 19.9 Å². The molecule has 0 aromatic heterocycles. The summed E-state index contributed by atoms with van der Waals surface area (Å²) >= 11 is 0. The van der Waals surface area contributed by atoms with E-state index in [1.54, 1.807) is 13.0 Å². The van der Waals surface area contributed by atoms with Gasteiger partial charge < -0.3 is 15.4 Å². The first kappa shape index (κ1) is 21.0. The van der Waals surface area contributed by atoms with Gasteiger partial charge in [-0.3, -0.25) is 14.5 Å². The maximum Gasteiger partial charge on any atom is 0.337 e. The average molecular weight is 431 g/mol. The standard InChI is InChI=1S/C24H21N3O5/c1-24(19-9-5-7-15-6-3-4-8-18(15)19)22(30)27(23(31)26-24)14-20(28)25-17-12-10-16(11-13-17)21(29)32-2/h3-13H,14H2,1-2H3,(H,25,28)(H,26,31). The van der Waals surface area contributed by atoms with Gasteiger partial charge in [0.05, 0.1) is 12.7 Å². The van der Waals surface area contributed by atoms with Crippen molar-refractivity contribution in [2.75, 3.05) is 19.0 Å². The van der Waals surface area contributed by atoms with Crippen molar-refractivity contribution in [1.29, 1.82) is 0 Å². The molecule has 1 saturated heterocycles. The van der Waals surface area contributed by atoms with Crippen LogP contribution in [0.1, 0.15) is 22.8 Å². The van der Waals surface area contributed by atoms with Crippen LogP contribution in [0.4, 0.5) is 10.5 Å². The van der Waals surface area contributed by atoms with Crippen molar-refractivity contribution in [3.63, 3.8) is 0 Å². The van der Waals surface area contributed by atoms with E-state index in [0.29, 0.717) is 16.8 Å². The number of rotatable bonds is 5.